The molecule has 2 aromatic rings. The number of hydrogen-bond donors (Lipinski definition) is 2. The minimum atomic E-state index is 0.109. The van der Waals surface area contributed by atoms with E-state index in [-0.39, 0.29) is 6.61 Å². The van der Waals surface area contributed by atoms with Gasteiger partial charge in [-0.15, -0.1) is 0 Å². The second-order valence-electron chi connectivity index (χ2n) is 4.27. The molecule has 1 aromatic carbocycles. The van der Waals surface area contributed by atoms with Crippen LogP contribution in [0.25, 0.3) is 0 Å². The molecule has 2 N–H and O–H groups in total. The molecular weight excluding hydrogens is 226 g/mol. The van der Waals surface area contributed by atoms with Crippen LogP contribution in [0.5, 0.6) is 0 Å². The molecule has 1 aromatic heterocycles. The number of hydrogen-bond acceptors (Lipinski definition) is 3. The van der Waals surface area contributed by atoms with Crippen molar-refractivity contribution in [3.63, 3.8) is 0 Å². The van der Waals surface area contributed by atoms with Crippen LogP contribution in [0, 0.1) is 0 Å². The van der Waals surface area contributed by atoms with Crippen molar-refractivity contribution in [1.29, 1.82) is 0 Å². The van der Waals surface area contributed by atoms with E-state index in [1.807, 2.05) is 41.2 Å². The van der Waals surface area contributed by atoms with Crippen LogP contribution in [0.3, 0.4) is 0 Å². The summed E-state index contributed by atoms with van der Waals surface area (Å²) in [7, 11) is 0. The summed E-state index contributed by atoms with van der Waals surface area (Å²) in [6.45, 7) is 2.90. The van der Waals surface area contributed by atoms with Crippen molar-refractivity contribution in [2.45, 2.75) is 26.1 Å². The summed E-state index contributed by atoms with van der Waals surface area (Å²) < 4.78 is 1.94. The molecular formula is C14H19N3O. The lowest BCUT2D eigenvalue weighted by Crippen LogP contribution is -2.16. The molecule has 2 rings (SSSR count). The lowest BCUT2D eigenvalue weighted by molar-refractivity contribution is 0.282. The van der Waals surface area contributed by atoms with Gasteiger partial charge in [-0.1, -0.05) is 24.3 Å². The van der Waals surface area contributed by atoms with Crippen LogP contribution in [-0.2, 0) is 19.7 Å². The van der Waals surface area contributed by atoms with Crippen molar-refractivity contribution in [1.82, 2.24) is 15.1 Å². The molecule has 0 unspecified atom stereocenters. The largest absolute Gasteiger partial charge is 0.392 e. The smallest absolute Gasteiger partial charge is 0.0681 e. The normalized spacial score (nSPS) is 10.7. The molecule has 0 amide bonds. The van der Waals surface area contributed by atoms with Gasteiger partial charge in [-0.05, 0) is 30.2 Å². The summed E-state index contributed by atoms with van der Waals surface area (Å²) in [5, 5.41) is 16.5. The van der Waals surface area contributed by atoms with E-state index in [0.717, 1.165) is 31.6 Å². The first kappa shape index (κ1) is 12.8. The Morgan fingerprint density at radius 2 is 1.94 bits per heavy atom. The number of benzene rings is 1. The maximum absolute atomic E-state index is 8.94. The van der Waals surface area contributed by atoms with Crippen molar-refractivity contribution in [3.8, 4) is 0 Å². The molecule has 4 nitrogen and oxygen atoms in total. The summed E-state index contributed by atoms with van der Waals surface area (Å²) in [5.41, 5.74) is 2.20. The summed E-state index contributed by atoms with van der Waals surface area (Å²) in [6.07, 6.45) is 4.85. The molecule has 96 valence electrons. The molecule has 1 heterocycles. The van der Waals surface area contributed by atoms with Gasteiger partial charge in [0, 0.05) is 25.5 Å². The molecule has 0 aliphatic rings. The van der Waals surface area contributed by atoms with Gasteiger partial charge in [0.05, 0.1) is 6.61 Å². The Balaban J connectivity index is 1.62. The summed E-state index contributed by atoms with van der Waals surface area (Å²) in [6, 6.07) is 9.95. The number of nitrogens with zero attached hydrogens (tertiary/aromatic N) is 2. The van der Waals surface area contributed by atoms with E-state index in [4.69, 9.17) is 5.11 Å². The second kappa shape index (κ2) is 6.93. The number of aryl methyl sites for hydroxylation is 1. The van der Waals surface area contributed by atoms with E-state index < -0.39 is 0 Å². The van der Waals surface area contributed by atoms with Gasteiger partial charge in [0.25, 0.3) is 0 Å². The number of nitrogens with one attached hydrogen (secondary N) is 1. The fraction of sp³-hybridized carbons (Fsp3) is 0.357. The molecule has 0 radical (unpaired) electrons. The van der Waals surface area contributed by atoms with E-state index in [1.54, 1.807) is 6.20 Å². The number of aliphatic hydroxyl groups excluding tert-OH is 1. The van der Waals surface area contributed by atoms with Gasteiger partial charge in [0.2, 0.25) is 0 Å². The molecule has 18 heavy (non-hydrogen) atoms. The fourth-order valence-electron chi connectivity index (χ4n) is 1.79. The third-order valence-corrected chi connectivity index (χ3v) is 2.83. The van der Waals surface area contributed by atoms with Gasteiger partial charge in [-0.3, -0.25) is 4.68 Å². The highest BCUT2D eigenvalue weighted by molar-refractivity contribution is 5.21. The first-order chi connectivity index (χ1) is 8.88. The number of aromatic nitrogens is 2. The standard InChI is InChI=1S/C14H19N3O/c18-12-14-5-3-13(4-6-14)11-15-7-1-9-17-10-2-8-16-17/h2-6,8,10,15,18H,1,7,9,11-12H2. The second-order valence-corrected chi connectivity index (χ2v) is 4.27. The fourth-order valence-corrected chi connectivity index (χ4v) is 1.79. The first-order valence-electron chi connectivity index (χ1n) is 6.25. The third-order valence-electron chi connectivity index (χ3n) is 2.83. The number of rotatable bonds is 7. The topological polar surface area (TPSA) is 50.1 Å². The average molecular weight is 245 g/mol. The Bertz CT molecular complexity index is 437. The Kier molecular flexibility index (Phi) is 4.93. The molecule has 0 aliphatic heterocycles. The maximum atomic E-state index is 8.94. The molecule has 0 spiro atoms. The Labute approximate surface area is 107 Å². The zero-order valence-corrected chi connectivity index (χ0v) is 10.4. The third kappa shape index (κ3) is 3.98. The quantitative estimate of drug-likeness (QED) is 0.728. The Morgan fingerprint density at radius 1 is 1.17 bits per heavy atom. The van der Waals surface area contributed by atoms with Crippen molar-refractivity contribution in [2.75, 3.05) is 6.54 Å². The van der Waals surface area contributed by atoms with Gasteiger partial charge < -0.3 is 10.4 Å². The van der Waals surface area contributed by atoms with E-state index in [9.17, 15) is 0 Å². The summed E-state index contributed by atoms with van der Waals surface area (Å²) >= 11 is 0. The highest BCUT2D eigenvalue weighted by Crippen LogP contribution is 2.03. The number of aliphatic hydroxyl groups is 1. The predicted molar refractivity (Wildman–Crippen MR) is 70.9 cm³/mol. The zero-order valence-electron chi connectivity index (χ0n) is 10.4. The zero-order chi connectivity index (χ0) is 12.6. The van der Waals surface area contributed by atoms with Gasteiger partial charge in [0.1, 0.15) is 0 Å². The van der Waals surface area contributed by atoms with Crippen molar-refractivity contribution in [2.24, 2.45) is 0 Å². The van der Waals surface area contributed by atoms with Gasteiger partial charge in [0.15, 0.2) is 0 Å². The van der Waals surface area contributed by atoms with Crippen molar-refractivity contribution < 1.29 is 5.11 Å². The van der Waals surface area contributed by atoms with Crippen LogP contribution < -0.4 is 5.32 Å². The lowest BCUT2D eigenvalue weighted by atomic mass is 10.1. The van der Waals surface area contributed by atoms with Crippen LogP contribution in [-0.4, -0.2) is 21.4 Å². The van der Waals surface area contributed by atoms with Gasteiger partial charge in [-0.25, -0.2) is 0 Å². The Hall–Kier alpha value is -1.65. The van der Waals surface area contributed by atoms with E-state index in [2.05, 4.69) is 10.4 Å². The highest BCUT2D eigenvalue weighted by atomic mass is 16.3. The average Bonchev–Trinajstić information content (AvgIpc) is 2.92. The van der Waals surface area contributed by atoms with Gasteiger partial charge >= 0.3 is 0 Å². The lowest BCUT2D eigenvalue weighted by Gasteiger charge is -2.06. The van der Waals surface area contributed by atoms with E-state index in [0.29, 0.717) is 0 Å². The van der Waals surface area contributed by atoms with Gasteiger partial charge in [-0.2, -0.15) is 5.10 Å². The van der Waals surface area contributed by atoms with Crippen LogP contribution in [0.4, 0.5) is 0 Å². The maximum Gasteiger partial charge on any atom is 0.0681 e. The van der Waals surface area contributed by atoms with E-state index >= 15 is 0 Å². The van der Waals surface area contributed by atoms with Crippen molar-refractivity contribution in [3.05, 3.63) is 53.9 Å². The highest BCUT2D eigenvalue weighted by Gasteiger charge is 1.94. The molecule has 0 fully saturated rings. The minimum Gasteiger partial charge on any atom is -0.392 e. The van der Waals surface area contributed by atoms with Crippen LogP contribution >= 0.6 is 0 Å². The first-order valence-corrected chi connectivity index (χ1v) is 6.25. The summed E-state index contributed by atoms with van der Waals surface area (Å²) in [5.74, 6) is 0. The molecule has 0 aliphatic carbocycles. The Morgan fingerprint density at radius 3 is 2.61 bits per heavy atom. The SMILES string of the molecule is OCc1ccc(CNCCCn2cccn2)cc1. The molecule has 0 atom stereocenters. The molecule has 4 heteroatoms. The monoisotopic (exact) mass is 245 g/mol. The molecule has 0 saturated heterocycles. The minimum absolute atomic E-state index is 0.109. The van der Waals surface area contributed by atoms with Crippen LogP contribution in [0.15, 0.2) is 42.7 Å². The van der Waals surface area contributed by atoms with E-state index in [1.165, 1.54) is 5.56 Å². The summed E-state index contributed by atoms with van der Waals surface area (Å²) in [4.78, 5) is 0. The molecule has 0 bridgehead atoms. The molecule has 0 saturated carbocycles. The van der Waals surface area contributed by atoms with Crippen LogP contribution in [0.1, 0.15) is 17.5 Å². The predicted octanol–water partition coefficient (Wildman–Crippen LogP) is 1.56. The van der Waals surface area contributed by atoms with Crippen LogP contribution in [0.2, 0.25) is 0 Å². The van der Waals surface area contributed by atoms with Crippen molar-refractivity contribution >= 4 is 0 Å².